The lowest BCUT2D eigenvalue weighted by molar-refractivity contribution is 0.195. The molecule has 0 aromatic carbocycles. The maximum absolute atomic E-state index is 3.79. The first kappa shape index (κ1) is 9.51. The summed E-state index contributed by atoms with van der Waals surface area (Å²) < 4.78 is 0. The molecule has 1 heteroatoms. The van der Waals surface area contributed by atoms with Crippen molar-refractivity contribution in [3.8, 4) is 0 Å². The summed E-state index contributed by atoms with van der Waals surface area (Å²) in [5.74, 6) is 2.08. The average molecular weight is 181 g/mol. The van der Waals surface area contributed by atoms with E-state index in [0.717, 1.165) is 18.4 Å². The summed E-state index contributed by atoms with van der Waals surface area (Å²) >= 11 is 0. The molecule has 2 aliphatic carbocycles. The molecule has 76 valence electrons. The van der Waals surface area contributed by atoms with Crippen molar-refractivity contribution in [3.05, 3.63) is 0 Å². The van der Waals surface area contributed by atoms with Gasteiger partial charge in [-0.05, 0) is 44.1 Å². The van der Waals surface area contributed by atoms with Gasteiger partial charge in [0.15, 0.2) is 0 Å². The van der Waals surface area contributed by atoms with Crippen LogP contribution in [0.3, 0.4) is 0 Å². The van der Waals surface area contributed by atoms with Crippen LogP contribution in [0.1, 0.15) is 52.4 Å². The molecule has 0 saturated heterocycles. The molecule has 13 heavy (non-hydrogen) atoms. The van der Waals surface area contributed by atoms with Crippen LogP contribution in [-0.4, -0.2) is 12.1 Å². The highest BCUT2D eigenvalue weighted by atomic mass is 15.0. The highest BCUT2D eigenvalue weighted by molar-refractivity contribution is 5.05. The summed E-state index contributed by atoms with van der Waals surface area (Å²) in [6, 6.07) is 0. The third kappa shape index (κ3) is 1.52. The quantitative estimate of drug-likeness (QED) is 0.703. The Labute approximate surface area is 82.3 Å². The number of hydrogen-bond donors (Lipinski definition) is 1. The topological polar surface area (TPSA) is 12.0 Å². The van der Waals surface area contributed by atoms with Gasteiger partial charge in [-0.15, -0.1) is 0 Å². The molecule has 2 bridgehead atoms. The molecule has 2 fully saturated rings. The summed E-state index contributed by atoms with van der Waals surface area (Å²) in [7, 11) is 0. The van der Waals surface area contributed by atoms with Crippen LogP contribution in [0.5, 0.6) is 0 Å². The van der Waals surface area contributed by atoms with Gasteiger partial charge in [-0.1, -0.05) is 26.7 Å². The van der Waals surface area contributed by atoms with E-state index in [-0.39, 0.29) is 0 Å². The second-order valence-electron chi connectivity index (χ2n) is 5.02. The van der Waals surface area contributed by atoms with Crippen LogP contribution in [0.2, 0.25) is 0 Å². The van der Waals surface area contributed by atoms with Crippen molar-refractivity contribution in [1.82, 2.24) is 5.32 Å². The molecule has 2 saturated carbocycles. The van der Waals surface area contributed by atoms with Crippen molar-refractivity contribution in [2.45, 2.75) is 57.9 Å². The van der Waals surface area contributed by atoms with Crippen molar-refractivity contribution in [2.75, 3.05) is 6.54 Å². The third-order valence-electron chi connectivity index (χ3n) is 4.20. The van der Waals surface area contributed by atoms with Crippen molar-refractivity contribution >= 4 is 0 Å². The van der Waals surface area contributed by atoms with E-state index >= 15 is 0 Å². The normalized spacial score (nSPS) is 42.9. The zero-order chi connectivity index (χ0) is 9.31. The Morgan fingerprint density at radius 3 is 2.62 bits per heavy atom. The number of rotatable bonds is 4. The first-order chi connectivity index (χ1) is 6.30. The number of fused-ring (bicyclic) bond motifs is 2. The Hall–Kier alpha value is -0.0400. The molecular weight excluding hydrogens is 158 g/mol. The smallest absolute Gasteiger partial charge is 0.0212 e. The molecule has 1 N–H and O–H groups in total. The second-order valence-corrected chi connectivity index (χ2v) is 5.02. The van der Waals surface area contributed by atoms with Gasteiger partial charge in [0, 0.05) is 5.54 Å². The highest BCUT2D eigenvalue weighted by Crippen LogP contribution is 2.52. The van der Waals surface area contributed by atoms with Gasteiger partial charge in [-0.2, -0.15) is 0 Å². The molecular formula is C12H23N. The molecule has 0 aromatic rings. The van der Waals surface area contributed by atoms with Crippen LogP contribution in [0.25, 0.3) is 0 Å². The van der Waals surface area contributed by atoms with E-state index in [9.17, 15) is 0 Å². The Kier molecular flexibility index (Phi) is 2.64. The maximum atomic E-state index is 3.79. The summed E-state index contributed by atoms with van der Waals surface area (Å²) in [6.07, 6.45) is 8.75. The third-order valence-corrected chi connectivity index (χ3v) is 4.20. The van der Waals surface area contributed by atoms with Gasteiger partial charge in [0.2, 0.25) is 0 Å². The van der Waals surface area contributed by atoms with Crippen LogP contribution in [0.4, 0.5) is 0 Å². The zero-order valence-corrected chi connectivity index (χ0v) is 9.10. The Bertz CT molecular complexity index is 170. The molecule has 0 unspecified atom stereocenters. The van der Waals surface area contributed by atoms with Gasteiger partial charge in [0.1, 0.15) is 0 Å². The van der Waals surface area contributed by atoms with Crippen LogP contribution < -0.4 is 5.32 Å². The molecule has 3 atom stereocenters. The molecule has 2 aliphatic rings. The van der Waals surface area contributed by atoms with E-state index in [1.54, 1.807) is 0 Å². The van der Waals surface area contributed by atoms with E-state index in [4.69, 9.17) is 0 Å². The van der Waals surface area contributed by atoms with Gasteiger partial charge in [0.25, 0.3) is 0 Å². The fourth-order valence-corrected chi connectivity index (χ4v) is 3.85. The molecule has 0 spiro atoms. The first-order valence-electron chi connectivity index (χ1n) is 6.05. The predicted molar refractivity (Wildman–Crippen MR) is 56.8 cm³/mol. The van der Waals surface area contributed by atoms with E-state index in [2.05, 4.69) is 19.2 Å². The van der Waals surface area contributed by atoms with Crippen molar-refractivity contribution < 1.29 is 0 Å². The summed E-state index contributed by atoms with van der Waals surface area (Å²) in [5.41, 5.74) is 0.562. The van der Waals surface area contributed by atoms with Gasteiger partial charge in [0.05, 0.1) is 0 Å². The predicted octanol–water partition coefficient (Wildman–Crippen LogP) is 2.95. The van der Waals surface area contributed by atoms with E-state index in [0.29, 0.717) is 5.54 Å². The largest absolute Gasteiger partial charge is 0.311 e. The average Bonchev–Trinajstić information content (AvgIpc) is 2.64. The summed E-state index contributed by atoms with van der Waals surface area (Å²) in [6.45, 7) is 5.73. The zero-order valence-electron chi connectivity index (χ0n) is 9.10. The van der Waals surface area contributed by atoms with Crippen LogP contribution in [0.15, 0.2) is 0 Å². The van der Waals surface area contributed by atoms with E-state index in [1.807, 2.05) is 0 Å². The highest BCUT2D eigenvalue weighted by Gasteiger charge is 2.49. The minimum absolute atomic E-state index is 0.562. The summed E-state index contributed by atoms with van der Waals surface area (Å²) in [4.78, 5) is 0. The van der Waals surface area contributed by atoms with Gasteiger partial charge >= 0.3 is 0 Å². The van der Waals surface area contributed by atoms with E-state index in [1.165, 1.54) is 38.5 Å². The lowest BCUT2D eigenvalue weighted by Gasteiger charge is -2.38. The lowest BCUT2D eigenvalue weighted by atomic mass is 9.78. The van der Waals surface area contributed by atoms with Gasteiger partial charge in [-0.3, -0.25) is 0 Å². The van der Waals surface area contributed by atoms with Gasteiger partial charge < -0.3 is 5.32 Å². The van der Waals surface area contributed by atoms with Crippen LogP contribution in [0, 0.1) is 11.8 Å². The number of hydrogen-bond acceptors (Lipinski definition) is 1. The van der Waals surface area contributed by atoms with E-state index < -0.39 is 0 Å². The molecule has 0 amide bonds. The lowest BCUT2D eigenvalue weighted by Crippen LogP contribution is -2.49. The first-order valence-corrected chi connectivity index (χ1v) is 6.05. The van der Waals surface area contributed by atoms with Crippen molar-refractivity contribution in [2.24, 2.45) is 11.8 Å². The fraction of sp³-hybridized carbons (Fsp3) is 1.00. The maximum Gasteiger partial charge on any atom is 0.0212 e. The van der Waals surface area contributed by atoms with Crippen molar-refractivity contribution in [1.29, 1.82) is 0 Å². The second kappa shape index (κ2) is 3.61. The Balaban J connectivity index is 2.05. The minimum Gasteiger partial charge on any atom is -0.311 e. The van der Waals surface area contributed by atoms with Gasteiger partial charge in [-0.25, -0.2) is 0 Å². The van der Waals surface area contributed by atoms with Crippen LogP contribution >= 0.6 is 0 Å². The Morgan fingerprint density at radius 2 is 2.15 bits per heavy atom. The standard InChI is InChI=1S/C12H23N/c1-3-7-12(13-4-2)9-10-5-6-11(12)8-10/h10-11,13H,3-9H2,1-2H3/t10-,11-,12-/m0/s1. The van der Waals surface area contributed by atoms with Crippen molar-refractivity contribution in [3.63, 3.8) is 0 Å². The molecule has 0 aromatic heterocycles. The molecule has 2 rings (SSSR count). The fourth-order valence-electron chi connectivity index (χ4n) is 3.85. The van der Waals surface area contributed by atoms with Crippen LogP contribution in [-0.2, 0) is 0 Å². The molecule has 0 radical (unpaired) electrons. The Morgan fingerprint density at radius 1 is 1.31 bits per heavy atom. The minimum atomic E-state index is 0.562. The SMILES string of the molecule is CCC[C@]1(NCC)C[C@H]2CC[C@H]1C2. The monoisotopic (exact) mass is 181 g/mol. The molecule has 0 heterocycles. The molecule has 1 nitrogen and oxygen atoms in total. The summed E-state index contributed by atoms with van der Waals surface area (Å²) in [5, 5.41) is 3.79. The molecule has 0 aliphatic heterocycles. The number of nitrogens with one attached hydrogen (secondary N) is 1.